The summed E-state index contributed by atoms with van der Waals surface area (Å²) < 4.78 is 8.63. The lowest BCUT2D eigenvalue weighted by molar-refractivity contribution is -0.0364. The van der Waals surface area contributed by atoms with Crippen LogP contribution in [0.15, 0.2) is 53.6 Å². The molecule has 0 bridgehead atoms. The van der Waals surface area contributed by atoms with Crippen molar-refractivity contribution in [1.82, 2.24) is 24.2 Å². The van der Waals surface area contributed by atoms with Gasteiger partial charge in [0.1, 0.15) is 5.52 Å². The number of anilines is 1. The fourth-order valence-electron chi connectivity index (χ4n) is 5.86. The molecule has 3 N–H and O–H groups in total. The molecule has 10 nitrogen and oxygen atoms in total. The van der Waals surface area contributed by atoms with Crippen LogP contribution in [-0.2, 0) is 31.4 Å². The molecule has 2 fully saturated rings. The van der Waals surface area contributed by atoms with Crippen LogP contribution in [0, 0.1) is 0 Å². The van der Waals surface area contributed by atoms with Crippen molar-refractivity contribution in [1.29, 1.82) is 0 Å². The lowest BCUT2D eigenvalue weighted by atomic mass is 9.91. The maximum Gasteiger partial charge on any atom is 0.281 e. The number of aryl methyl sites for hydroxylation is 1. The number of piperidine rings is 1. The van der Waals surface area contributed by atoms with Crippen LogP contribution in [0.5, 0.6) is 0 Å². The Bertz CT molecular complexity index is 1590. The molecule has 216 valence electrons. The van der Waals surface area contributed by atoms with E-state index in [1.54, 1.807) is 4.68 Å². The van der Waals surface area contributed by atoms with Crippen molar-refractivity contribution < 1.29 is 9.84 Å². The lowest BCUT2D eigenvalue weighted by Crippen LogP contribution is -2.47. The third-order valence-electron chi connectivity index (χ3n) is 8.33. The number of rotatable bonds is 7. The van der Waals surface area contributed by atoms with E-state index in [2.05, 4.69) is 32.0 Å². The number of aromatic nitrogens is 4. The summed E-state index contributed by atoms with van der Waals surface area (Å²) in [5.41, 5.74) is 10.2. The first kappa shape index (κ1) is 27.9. The quantitative estimate of drug-likeness (QED) is 0.345. The smallest absolute Gasteiger partial charge is 0.281 e. The molecule has 2 saturated heterocycles. The van der Waals surface area contributed by atoms with E-state index in [1.165, 1.54) is 10.9 Å². The summed E-state index contributed by atoms with van der Waals surface area (Å²) in [6, 6.07) is 14.1. The van der Waals surface area contributed by atoms with Crippen LogP contribution in [0.2, 0.25) is 5.02 Å². The van der Waals surface area contributed by atoms with Crippen LogP contribution in [-0.4, -0.2) is 74.3 Å². The van der Waals surface area contributed by atoms with Gasteiger partial charge >= 0.3 is 0 Å². The minimum Gasteiger partial charge on any atom is -0.388 e. The van der Waals surface area contributed by atoms with Gasteiger partial charge in [0.25, 0.3) is 5.56 Å². The number of halogens is 1. The third kappa shape index (κ3) is 5.75. The lowest BCUT2D eigenvalue weighted by Gasteiger charge is -2.38. The highest BCUT2D eigenvalue weighted by atomic mass is 35.5. The van der Waals surface area contributed by atoms with Gasteiger partial charge in [0.15, 0.2) is 5.52 Å². The van der Waals surface area contributed by atoms with Gasteiger partial charge in [0, 0.05) is 62.6 Å². The molecular formula is C30H36ClN7O3. The van der Waals surface area contributed by atoms with Crippen molar-refractivity contribution in [3.63, 3.8) is 0 Å². The van der Waals surface area contributed by atoms with Gasteiger partial charge in [-0.3, -0.25) is 18.9 Å². The summed E-state index contributed by atoms with van der Waals surface area (Å²) in [6.45, 7) is 5.98. The molecule has 0 unspecified atom stereocenters. The Labute approximate surface area is 243 Å². The zero-order valence-corrected chi connectivity index (χ0v) is 24.1. The Morgan fingerprint density at radius 1 is 1.05 bits per heavy atom. The summed E-state index contributed by atoms with van der Waals surface area (Å²) >= 11 is 6.67. The average Bonchev–Trinajstić information content (AvgIpc) is 3.34. The molecule has 0 spiro atoms. The van der Waals surface area contributed by atoms with Crippen molar-refractivity contribution in [2.75, 3.05) is 44.3 Å². The largest absolute Gasteiger partial charge is 0.388 e. The predicted octanol–water partition coefficient (Wildman–Crippen LogP) is 2.77. The molecule has 0 atom stereocenters. The number of fused-ring (bicyclic) bond motifs is 1. The normalized spacial score (nSPS) is 17.8. The van der Waals surface area contributed by atoms with Gasteiger partial charge < -0.3 is 20.5 Å². The number of likely N-dealkylation sites (tertiary alicyclic amines) is 1. The van der Waals surface area contributed by atoms with E-state index in [0.717, 1.165) is 65.9 Å². The highest BCUT2D eigenvalue weighted by molar-refractivity contribution is 6.31. The van der Waals surface area contributed by atoms with Crippen molar-refractivity contribution in [3.8, 4) is 11.3 Å². The van der Waals surface area contributed by atoms with Gasteiger partial charge in [-0.25, -0.2) is 4.98 Å². The number of hydrogen-bond acceptors (Lipinski definition) is 8. The summed E-state index contributed by atoms with van der Waals surface area (Å²) in [6.07, 6.45) is 2.62. The highest BCUT2D eigenvalue weighted by Gasteiger charge is 2.33. The Morgan fingerprint density at radius 2 is 1.78 bits per heavy atom. The van der Waals surface area contributed by atoms with Crippen LogP contribution >= 0.6 is 11.6 Å². The number of ether oxygens (including phenoxy) is 1. The van der Waals surface area contributed by atoms with Crippen LogP contribution < -0.4 is 16.2 Å². The molecule has 0 amide bonds. The van der Waals surface area contributed by atoms with Gasteiger partial charge in [-0.15, -0.1) is 0 Å². The zero-order chi connectivity index (χ0) is 28.6. The molecule has 4 aromatic rings. The summed E-state index contributed by atoms with van der Waals surface area (Å²) in [7, 11) is 1.81. The van der Waals surface area contributed by atoms with Gasteiger partial charge in [-0.2, -0.15) is 5.10 Å². The Balaban J connectivity index is 1.12. The zero-order valence-electron chi connectivity index (χ0n) is 23.3. The van der Waals surface area contributed by atoms with E-state index in [0.29, 0.717) is 43.5 Å². The Morgan fingerprint density at radius 3 is 2.46 bits per heavy atom. The van der Waals surface area contributed by atoms with Crippen molar-refractivity contribution in [3.05, 3.63) is 75.3 Å². The fourth-order valence-corrected chi connectivity index (χ4v) is 6.09. The minimum absolute atomic E-state index is 0.175. The van der Waals surface area contributed by atoms with Gasteiger partial charge in [0.05, 0.1) is 37.4 Å². The molecule has 6 rings (SSSR count). The van der Waals surface area contributed by atoms with Gasteiger partial charge in [-0.1, -0.05) is 41.9 Å². The van der Waals surface area contributed by atoms with Crippen LogP contribution in [0.4, 0.5) is 5.69 Å². The van der Waals surface area contributed by atoms with Gasteiger partial charge in [0.2, 0.25) is 0 Å². The SMILES string of the molecule is Cn1nc2c(=O)n(CC3(O)CCN(Cc4ccc(N5CCOCC5)cc4Cl)CC3)cnc2c1-c1ccc(CN)cc1. The van der Waals surface area contributed by atoms with Crippen LogP contribution in [0.1, 0.15) is 24.0 Å². The second-order valence-electron chi connectivity index (χ2n) is 11.1. The minimum atomic E-state index is -1.00. The van der Waals surface area contributed by atoms with E-state index in [9.17, 15) is 9.90 Å². The first-order valence-corrected chi connectivity index (χ1v) is 14.5. The molecule has 2 aromatic heterocycles. The molecule has 0 aliphatic carbocycles. The number of nitrogens with zero attached hydrogens (tertiary/aromatic N) is 6. The molecule has 0 saturated carbocycles. The molecule has 2 aromatic carbocycles. The van der Waals surface area contributed by atoms with Crippen molar-refractivity contribution in [2.24, 2.45) is 12.8 Å². The van der Waals surface area contributed by atoms with Crippen molar-refractivity contribution >= 4 is 28.3 Å². The average molecular weight is 578 g/mol. The molecule has 4 heterocycles. The Hall–Kier alpha value is -3.28. The van der Waals surface area contributed by atoms with Gasteiger partial charge in [-0.05, 0) is 36.1 Å². The van der Waals surface area contributed by atoms with E-state index >= 15 is 0 Å². The van der Waals surface area contributed by atoms with E-state index in [-0.39, 0.29) is 12.1 Å². The number of aliphatic hydroxyl groups is 1. The molecule has 0 radical (unpaired) electrons. The standard InChI is InChI=1S/C30H36ClN7O3/c1-35-28(22-4-2-21(17-32)3-5-22)26-27(34-35)29(39)38(20-33-26)19-30(40)8-10-36(11-9-30)18-23-6-7-24(16-25(23)31)37-12-14-41-15-13-37/h2-7,16,20,40H,8-15,17-19,32H2,1H3. The Kier molecular flexibility index (Phi) is 7.84. The third-order valence-corrected chi connectivity index (χ3v) is 8.69. The molecule has 11 heteroatoms. The summed E-state index contributed by atoms with van der Waals surface area (Å²) in [5, 5.41) is 16.7. The molecule has 41 heavy (non-hydrogen) atoms. The maximum absolute atomic E-state index is 13.4. The maximum atomic E-state index is 13.4. The van der Waals surface area contributed by atoms with Crippen LogP contribution in [0.25, 0.3) is 22.3 Å². The van der Waals surface area contributed by atoms with E-state index in [4.69, 9.17) is 22.1 Å². The van der Waals surface area contributed by atoms with Crippen molar-refractivity contribution in [2.45, 2.75) is 38.1 Å². The second kappa shape index (κ2) is 11.5. The summed E-state index contributed by atoms with van der Waals surface area (Å²) in [4.78, 5) is 22.6. The monoisotopic (exact) mass is 577 g/mol. The second-order valence-corrected chi connectivity index (χ2v) is 11.5. The van der Waals surface area contributed by atoms with Crippen LogP contribution in [0.3, 0.4) is 0 Å². The predicted molar refractivity (Wildman–Crippen MR) is 160 cm³/mol. The number of nitrogens with two attached hydrogens (primary N) is 1. The molecule has 2 aliphatic rings. The number of benzene rings is 2. The van der Waals surface area contributed by atoms with E-state index < -0.39 is 5.60 Å². The number of hydrogen-bond donors (Lipinski definition) is 2. The molecular weight excluding hydrogens is 542 g/mol. The van der Waals surface area contributed by atoms with E-state index in [1.807, 2.05) is 37.4 Å². The first-order chi connectivity index (χ1) is 19.8. The first-order valence-electron chi connectivity index (χ1n) is 14.1. The summed E-state index contributed by atoms with van der Waals surface area (Å²) in [5.74, 6) is 0. The number of morpholine rings is 1. The fraction of sp³-hybridized carbons (Fsp3) is 0.433. The topological polar surface area (TPSA) is 115 Å². The highest BCUT2D eigenvalue weighted by Crippen LogP contribution is 2.30. The molecule has 2 aliphatic heterocycles.